The number of alkyl halides is 2. The van der Waals surface area contributed by atoms with Gasteiger partial charge in [0.05, 0.1) is 40.5 Å². The molecule has 14 heteroatoms. The predicted molar refractivity (Wildman–Crippen MR) is 149 cm³/mol. The molecule has 1 N–H and O–H groups in total. The zero-order valence-electron chi connectivity index (χ0n) is 22.9. The summed E-state index contributed by atoms with van der Waals surface area (Å²) in [5.41, 5.74) is -0.757. The summed E-state index contributed by atoms with van der Waals surface area (Å²) in [6.07, 6.45) is 4.22. The van der Waals surface area contributed by atoms with Crippen LogP contribution < -0.4 is 10.2 Å². The number of anilines is 2. The molecule has 4 aromatic rings. The molecule has 222 valence electrons. The van der Waals surface area contributed by atoms with Crippen molar-refractivity contribution in [2.24, 2.45) is 11.8 Å². The van der Waals surface area contributed by atoms with Gasteiger partial charge < -0.3 is 5.32 Å². The third-order valence-corrected chi connectivity index (χ3v) is 8.34. The van der Waals surface area contributed by atoms with Crippen molar-refractivity contribution in [2.45, 2.75) is 39.2 Å². The number of benzene rings is 1. The molecule has 2 aliphatic rings. The number of rotatable bonds is 7. The number of fused-ring (bicyclic) bond motifs is 1. The molecule has 2 amide bonds. The molecule has 2 fully saturated rings. The molecule has 0 spiro atoms. The number of aryl methyl sites for hydroxylation is 1. The fourth-order valence-corrected chi connectivity index (χ4v) is 5.61. The molecule has 1 aliphatic carbocycles. The Morgan fingerprint density at radius 2 is 1.93 bits per heavy atom. The second-order valence-corrected chi connectivity index (χ2v) is 11.0. The SMILES string of the molecule is Cc1ncc(-c2c(C(F)F)ccc(Cl)c2F)nc1C(=O)Nc1cnn(C(C)c2cnc(N3C[C@H]4CC[C@H]4C3=O)c(F)c2)c1. The van der Waals surface area contributed by atoms with Gasteiger partial charge in [0.25, 0.3) is 12.3 Å². The third kappa shape index (κ3) is 5.11. The van der Waals surface area contributed by atoms with Gasteiger partial charge in [-0.1, -0.05) is 17.7 Å². The highest BCUT2D eigenvalue weighted by Gasteiger charge is 2.47. The fraction of sp³-hybridized carbons (Fsp3) is 0.310. The highest BCUT2D eigenvalue weighted by Crippen LogP contribution is 2.43. The number of amides is 2. The van der Waals surface area contributed by atoms with E-state index in [1.165, 1.54) is 41.2 Å². The number of halogens is 5. The topological polar surface area (TPSA) is 106 Å². The Balaban J connectivity index is 1.20. The Kier molecular flexibility index (Phi) is 7.36. The zero-order valence-corrected chi connectivity index (χ0v) is 23.6. The lowest BCUT2D eigenvalue weighted by molar-refractivity contribution is -0.123. The van der Waals surface area contributed by atoms with Gasteiger partial charge in [0.1, 0.15) is 5.69 Å². The highest BCUT2D eigenvalue weighted by molar-refractivity contribution is 6.31. The van der Waals surface area contributed by atoms with E-state index < -0.39 is 41.1 Å². The van der Waals surface area contributed by atoms with Crippen LogP contribution in [0.4, 0.5) is 29.1 Å². The summed E-state index contributed by atoms with van der Waals surface area (Å²) in [5.74, 6) is -2.30. The average Bonchev–Trinajstić information content (AvgIpc) is 3.50. The molecule has 4 heterocycles. The van der Waals surface area contributed by atoms with Crippen LogP contribution in [0, 0.1) is 30.4 Å². The summed E-state index contributed by atoms with van der Waals surface area (Å²) in [6, 6.07) is 2.84. The smallest absolute Gasteiger partial charge is 0.276 e. The molecular weight excluding hydrogens is 590 g/mol. The predicted octanol–water partition coefficient (Wildman–Crippen LogP) is 6.15. The van der Waals surface area contributed by atoms with Crippen LogP contribution in [-0.2, 0) is 4.79 Å². The summed E-state index contributed by atoms with van der Waals surface area (Å²) in [5, 5.41) is 6.49. The number of carbonyl (C=O) groups excluding carboxylic acids is 2. The summed E-state index contributed by atoms with van der Waals surface area (Å²) in [6.45, 7) is 3.72. The summed E-state index contributed by atoms with van der Waals surface area (Å²) < 4.78 is 58.6. The van der Waals surface area contributed by atoms with Crippen LogP contribution in [0.3, 0.4) is 0 Å². The van der Waals surface area contributed by atoms with Crippen molar-refractivity contribution in [3.05, 3.63) is 82.2 Å². The van der Waals surface area contributed by atoms with Gasteiger partial charge in [-0.3, -0.25) is 24.2 Å². The lowest BCUT2D eigenvalue weighted by atomic mass is 9.76. The van der Waals surface area contributed by atoms with Crippen LogP contribution in [0.1, 0.15) is 59.5 Å². The van der Waals surface area contributed by atoms with Gasteiger partial charge in [-0.25, -0.2) is 27.5 Å². The van der Waals surface area contributed by atoms with Gasteiger partial charge in [-0.2, -0.15) is 5.10 Å². The average molecular weight is 614 g/mol. The third-order valence-electron chi connectivity index (χ3n) is 8.04. The molecule has 1 saturated carbocycles. The molecule has 0 bridgehead atoms. The molecule has 3 aromatic heterocycles. The van der Waals surface area contributed by atoms with Crippen LogP contribution in [0.2, 0.25) is 5.02 Å². The van der Waals surface area contributed by atoms with Crippen molar-refractivity contribution < 1.29 is 27.2 Å². The molecule has 6 rings (SSSR count). The Morgan fingerprint density at radius 3 is 2.58 bits per heavy atom. The van der Waals surface area contributed by atoms with Gasteiger partial charge >= 0.3 is 0 Å². The minimum atomic E-state index is -3.02. The van der Waals surface area contributed by atoms with E-state index >= 15 is 4.39 Å². The maximum absolute atomic E-state index is 15.1. The number of carbonyl (C=O) groups is 2. The van der Waals surface area contributed by atoms with Crippen molar-refractivity contribution >= 4 is 34.9 Å². The Morgan fingerprint density at radius 1 is 1.14 bits per heavy atom. The first-order chi connectivity index (χ1) is 20.5. The van der Waals surface area contributed by atoms with E-state index in [0.717, 1.165) is 31.2 Å². The number of hydrogen-bond acceptors (Lipinski definition) is 6. The Bertz CT molecular complexity index is 1760. The van der Waals surface area contributed by atoms with E-state index in [2.05, 4.69) is 25.4 Å². The van der Waals surface area contributed by atoms with E-state index in [0.29, 0.717) is 12.1 Å². The van der Waals surface area contributed by atoms with Gasteiger partial charge in [0, 0.05) is 36.0 Å². The van der Waals surface area contributed by atoms with E-state index in [-0.39, 0.29) is 51.4 Å². The van der Waals surface area contributed by atoms with E-state index in [1.54, 1.807) is 6.92 Å². The first kappa shape index (κ1) is 28.7. The first-order valence-corrected chi connectivity index (χ1v) is 13.8. The molecule has 1 saturated heterocycles. The van der Waals surface area contributed by atoms with Crippen LogP contribution in [0.15, 0.2) is 43.0 Å². The first-order valence-electron chi connectivity index (χ1n) is 13.5. The maximum atomic E-state index is 15.1. The van der Waals surface area contributed by atoms with Gasteiger partial charge in [0.2, 0.25) is 5.91 Å². The molecule has 3 atom stereocenters. The largest absolute Gasteiger partial charge is 0.318 e. The van der Waals surface area contributed by atoms with Crippen molar-refractivity contribution in [1.29, 1.82) is 0 Å². The number of nitrogens with zero attached hydrogens (tertiary/aromatic N) is 6. The van der Waals surface area contributed by atoms with Crippen molar-refractivity contribution in [3.8, 4) is 11.3 Å². The molecule has 0 radical (unpaired) electrons. The minimum absolute atomic E-state index is 0.0146. The highest BCUT2D eigenvalue weighted by atomic mass is 35.5. The number of hydrogen-bond donors (Lipinski definition) is 1. The minimum Gasteiger partial charge on any atom is -0.318 e. The van der Waals surface area contributed by atoms with Crippen LogP contribution in [0.25, 0.3) is 11.3 Å². The van der Waals surface area contributed by atoms with Gasteiger partial charge in [-0.05, 0) is 50.3 Å². The molecule has 1 aromatic carbocycles. The van der Waals surface area contributed by atoms with Crippen molar-refractivity contribution in [2.75, 3.05) is 16.8 Å². The lowest BCUT2D eigenvalue weighted by Gasteiger charge is -2.25. The quantitative estimate of drug-likeness (QED) is 0.251. The maximum Gasteiger partial charge on any atom is 0.276 e. The van der Waals surface area contributed by atoms with Gasteiger partial charge in [0.15, 0.2) is 17.5 Å². The van der Waals surface area contributed by atoms with Crippen LogP contribution >= 0.6 is 11.6 Å². The van der Waals surface area contributed by atoms with Crippen LogP contribution in [-0.4, -0.2) is 43.1 Å². The molecule has 9 nitrogen and oxygen atoms in total. The van der Waals surface area contributed by atoms with Gasteiger partial charge in [-0.15, -0.1) is 0 Å². The van der Waals surface area contributed by atoms with Crippen molar-refractivity contribution in [1.82, 2.24) is 24.7 Å². The molecule has 43 heavy (non-hydrogen) atoms. The standard InChI is InChI=1S/C29H24ClF4N7O2/c1-13-25(39-22(10-35-13)23-19(26(33)34)5-6-20(30)24(23)32)28(42)38-17-9-37-41(12-17)14(2)16-7-21(31)27(36-8-16)40-11-15-3-4-18(15)29(40)43/h5-10,12,14-15,18,26H,3-4,11H2,1-2H3,(H,38,42)/t14?,15-,18-/m1/s1. The second kappa shape index (κ2) is 11.0. The lowest BCUT2D eigenvalue weighted by Crippen LogP contribution is -2.29. The molecular formula is C29H24ClF4N7O2. The Labute approximate surface area is 247 Å². The number of pyridine rings is 1. The Hall–Kier alpha value is -4.39. The van der Waals surface area contributed by atoms with Crippen molar-refractivity contribution in [3.63, 3.8) is 0 Å². The summed E-state index contributed by atoms with van der Waals surface area (Å²) >= 11 is 5.82. The second-order valence-electron chi connectivity index (χ2n) is 10.6. The van der Waals surface area contributed by atoms with E-state index in [1.807, 2.05) is 0 Å². The zero-order chi connectivity index (χ0) is 30.6. The summed E-state index contributed by atoms with van der Waals surface area (Å²) in [4.78, 5) is 39.5. The molecule has 1 unspecified atom stereocenters. The fourth-order valence-electron chi connectivity index (χ4n) is 5.45. The van der Waals surface area contributed by atoms with Crippen LogP contribution in [0.5, 0.6) is 0 Å². The molecule has 1 aliphatic heterocycles. The van der Waals surface area contributed by atoms with E-state index in [4.69, 9.17) is 11.6 Å². The monoisotopic (exact) mass is 613 g/mol. The van der Waals surface area contributed by atoms with E-state index in [9.17, 15) is 22.8 Å². The normalized spacial score (nSPS) is 18.5. The number of nitrogens with one attached hydrogen (secondary N) is 1. The number of aromatic nitrogens is 5. The summed E-state index contributed by atoms with van der Waals surface area (Å²) in [7, 11) is 0.